The number of Topliss-reactive ketones (excluding diaryl/α,β-unsaturated/α-hetero) is 4. The van der Waals surface area contributed by atoms with Crippen LogP contribution in [0.25, 0.3) is 0 Å². The second-order valence-corrected chi connectivity index (χ2v) is 17.1. The number of carbonyl (C=O) groups is 7. The van der Waals surface area contributed by atoms with Gasteiger partial charge >= 0.3 is 5.97 Å². The van der Waals surface area contributed by atoms with Crippen molar-refractivity contribution in [2.75, 3.05) is 13.7 Å². The molecule has 13 nitrogen and oxygen atoms in total. The molecular weight excluding hydrogens is 729 g/mol. The van der Waals surface area contributed by atoms with E-state index < -0.39 is 64.8 Å². The summed E-state index contributed by atoms with van der Waals surface area (Å²) in [5, 5.41) is 2.93. The summed E-state index contributed by atoms with van der Waals surface area (Å²) in [6.45, 7) is 7.57. The molecule has 0 radical (unpaired) electrons. The van der Waals surface area contributed by atoms with Gasteiger partial charge in [0.15, 0.2) is 17.3 Å². The van der Waals surface area contributed by atoms with Gasteiger partial charge in [-0.25, -0.2) is 9.78 Å². The van der Waals surface area contributed by atoms with Crippen molar-refractivity contribution in [3.8, 4) is 5.75 Å². The maximum absolute atomic E-state index is 14.9. The fourth-order valence-corrected chi connectivity index (χ4v) is 8.23. The van der Waals surface area contributed by atoms with Crippen LogP contribution in [-0.2, 0) is 28.7 Å². The predicted molar refractivity (Wildman–Crippen MR) is 210 cm³/mol. The number of nitrogens with one attached hydrogen (secondary N) is 1. The van der Waals surface area contributed by atoms with Gasteiger partial charge in [-0.15, -0.1) is 0 Å². The summed E-state index contributed by atoms with van der Waals surface area (Å²) < 4.78 is 11.1. The third-order valence-corrected chi connectivity index (χ3v) is 11.7. The number of hydrogen-bond donors (Lipinski definition) is 1. The monoisotopic (exact) mass is 786 g/mol. The minimum absolute atomic E-state index is 0.0389. The number of benzene rings is 1. The normalized spacial score (nSPS) is 20.2. The molecule has 2 amide bonds. The summed E-state index contributed by atoms with van der Waals surface area (Å²) in [6.07, 6.45) is 10.8. The average Bonchev–Trinajstić information content (AvgIpc) is 3.93. The molecule has 5 rings (SSSR count). The van der Waals surface area contributed by atoms with E-state index in [9.17, 15) is 33.6 Å². The van der Waals surface area contributed by atoms with Gasteiger partial charge in [0.05, 0.1) is 37.5 Å². The molecule has 2 heterocycles. The maximum Gasteiger partial charge on any atom is 0.337 e. The summed E-state index contributed by atoms with van der Waals surface area (Å²) in [5.41, 5.74) is -0.306. The number of amides is 2. The Labute approximate surface area is 335 Å². The van der Waals surface area contributed by atoms with Gasteiger partial charge < -0.3 is 19.7 Å². The number of hydrogen-bond acceptors (Lipinski definition) is 11. The summed E-state index contributed by atoms with van der Waals surface area (Å²) in [7, 11) is 1.29. The lowest BCUT2D eigenvalue weighted by molar-refractivity contribution is -0.147. The summed E-state index contributed by atoms with van der Waals surface area (Å²) in [5.74, 6) is -4.08. The van der Waals surface area contributed by atoms with Crippen LogP contribution in [0.5, 0.6) is 5.75 Å². The minimum atomic E-state index is -0.965. The van der Waals surface area contributed by atoms with Crippen LogP contribution in [0.15, 0.2) is 42.9 Å². The van der Waals surface area contributed by atoms with E-state index in [0.717, 1.165) is 44.9 Å². The average molecular weight is 787 g/mol. The Morgan fingerprint density at radius 3 is 2.23 bits per heavy atom. The quantitative estimate of drug-likeness (QED) is 0.132. The fraction of sp³-hybridized carbons (Fsp3) is 0.614. The van der Waals surface area contributed by atoms with E-state index in [0.29, 0.717) is 24.2 Å². The topological polar surface area (TPSA) is 179 Å². The molecule has 1 aromatic heterocycles. The summed E-state index contributed by atoms with van der Waals surface area (Å²) >= 11 is 0. The summed E-state index contributed by atoms with van der Waals surface area (Å²) in [6, 6.07) is 4.56. The first kappa shape index (κ1) is 43.3. The molecule has 1 N–H and O–H groups in total. The first-order chi connectivity index (χ1) is 27.2. The van der Waals surface area contributed by atoms with Crippen molar-refractivity contribution < 1.29 is 43.0 Å². The first-order valence-corrected chi connectivity index (χ1v) is 20.5. The van der Waals surface area contributed by atoms with Crippen LogP contribution in [0.3, 0.4) is 0 Å². The number of esters is 1. The highest BCUT2D eigenvalue weighted by atomic mass is 16.5. The van der Waals surface area contributed by atoms with Crippen molar-refractivity contribution >= 4 is 40.9 Å². The number of carbonyl (C=O) groups excluding carboxylic acids is 7. The Morgan fingerprint density at radius 1 is 0.930 bits per heavy atom. The Morgan fingerprint density at radius 2 is 1.63 bits per heavy atom. The van der Waals surface area contributed by atoms with Crippen LogP contribution >= 0.6 is 0 Å². The molecule has 0 bridgehead atoms. The Kier molecular flexibility index (Phi) is 14.9. The molecule has 1 saturated heterocycles. The van der Waals surface area contributed by atoms with Gasteiger partial charge in [-0.1, -0.05) is 53.4 Å². The van der Waals surface area contributed by atoms with Gasteiger partial charge in [0.25, 0.3) is 5.91 Å². The van der Waals surface area contributed by atoms with Crippen LogP contribution in [0.1, 0.15) is 132 Å². The van der Waals surface area contributed by atoms with Crippen molar-refractivity contribution in [2.24, 2.45) is 29.1 Å². The number of ketones is 4. The smallest absolute Gasteiger partial charge is 0.337 e. The van der Waals surface area contributed by atoms with Gasteiger partial charge in [0.1, 0.15) is 17.5 Å². The van der Waals surface area contributed by atoms with Crippen molar-refractivity contribution in [3.05, 3.63) is 54.1 Å². The van der Waals surface area contributed by atoms with Crippen LogP contribution in [0.2, 0.25) is 0 Å². The zero-order valence-electron chi connectivity index (χ0n) is 34.0. The zero-order chi connectivity index (χ0) is 41.3. The molecule has 2 saturated carbocycles. The second kappa shape index (κ2) is 19.6. The van der Waals surface area contributed by atoms with Gasteiger partial charge in [0.2, 0.25) is 11.7 Å². The van der Waals surface area contributed by atoms with Crippen LogP contribution < -0.4 is 10.1 Å². The third kappa shape index (κ3) is 11.6. The molecule has 3 fully saturated rings. The molecule has 3 aliphatic rings. The molecule has 1 aliphatic heterocycles. The number of aromatic nitrogens is 2. The highest BCUT2D eigenvalue weighted by Crippen LogP contribution is 2.37. The fourth-order valence-electron chi connectivity index (χ4n) is 8.23. The lowest BCUT2D eigenvalue weighted by Crippen LogP contribution is -2.51. The van der Waals surface area contributed by atoms with E-state index in [1.165, 1.54) is 30.6 Å². The van der Waals surface area contributed by atoms with E-state index in [4.69, 9.17) is 9.47 Å². The van der Waals surface area contributed by atoms with Gasteiger partial charge in [-0.3, -0.25) is 33.8 Å². The largest absolute Gasteiger partial charge is 0.488 e. The molecule has 13 heteroatoms. The molecule has 5 atom stereocenters. The number of methoxy groups -OCH3 is 1. The molecule has 2 aliphatic carbocycles. The SMILES string of the molecule is CCC[C@H](CC(=O)[C@@H]1C[C@@H](Oc2ccc(C(=O)OC)cc2)CN1C(=O)[C@@H](CC(=O)[C@@H](NC(=O)c1cnccn1)C1CCCCC1)C(C)(C)C)C(=O)C(=O)CC1CC1. The van der Waals surface area contributed by atoms with Crippen molar-refractivity contribution in [3.63, 3.8) is 0 Å². The van der Waals surface area contributed by atoms with Crippen LogP contribution in [0, 0.1) is 29.1 Å². The van der Waals surface area contributed by atoms with Gasteiger partial charge in [-0.05, 0) is 73.6 Å². The van der Waals surface area contributed by atoms with E-state index in [2.05, 4.69) is 15.3 Å². The van der Waals surface area contributed by atoms with Gasteiger partial charge in [0, 0.05) is 49.9 Å². The number of rotatable bonds is 19. The van der Waals surface area contributed by atoms with Crippen molar-refractivity contribution in [1.82, 2.24) is 20.2 Å². The highest BCUT2D eigenvalue weighted by Gasteiger charge is 2.47. The lowest BCUT2D eigenvalue weighted by Gasteiger charge is -2.36. The number of nitrogens with zero attached hydrogens (tertiary/aromatic N) is 3. The van der Waals surface area contributed by atoms with E-state index >= 15 is 0 Å². The van der Waals surface area contributed by atoms with Crippen molar-refractivity contribution in [2.45, 2.75) is 129 Å². The molecule has 308 valence electrons. The second-order valence-electron chi connectivity index (χ2n) is 17.1. The zero-order valence-corrected chi connectivity index (χ0v) is 34.0. The molecule has 1 aromatic carbocycles. The van der Waals surface area contributed by atoms with E-state index in [-0.39, 0.29) is 61.3 Å². The molecule has 0 spiro atoms. The maximum atomic E-state index is 14.9. The van der Waals surface area contributed by atoms with Crippen LogP contribution in [-0.4, -0.2) is 87.6 Å². The third-order valence-electron chi connectivity index (χ3n) is 11.7. The lowest BCUT2D eigenvalue weighted by atomic mass is 9.74. The van der Waals surface area contributed by atoms with Crippen LogP contribution in [0.4, 0.5) is 0 Å². The van der Waals surface area contributed by atoms with Crippen molar-refractivity contribution in [1.29, 1.82) is 0 Å². The number of likely N-dealkylation sites (tertiary alicyclic amines) is 1. The standard InChI is InChI=1S/C44H58N4O9/c1-6-10-30(40(52)38(51)21-27-13-14-27)22-36(49)35-23-32(57-31-17-15-29(16-18-31)43(55)56-5)26-48(35)42(54)33(44(2,3)4)24-37(50)39(28-11-8-7-9-12-28)47-41(53)34-25-45-19-20-46-34/h15-20,25,27-28,30,32-33,35,39H,6-14,21-24,26H2,1-5H3,(H,47,53)/t30-,32-,33-,35+,39+/m1/s1. The Bertz CT molecular complexity index is 1760. The molecule has 2 aromatic rings. The first-order valence-electron chi connectivity index (χ1n) is 20.5. The molecule has 57 heavy (non-hydrogen) atoms. The minimum Gasteiger partial charge on any atom is -0.488 e. The Hall–Kier alpha value is -4.81. The molecular formula is C44H58N4O9. The predicted octanol–water partition coefficient (Wildman–Crippen LogP) is 5.93. The number of ether oxygens (including phenoxy) is 2. The molecule has 0 unspecified atom stereocenters. The van der Waals surface area contributed by atoms with Gasteiger partial charge in [-0.2, -0.15) is 0 Å². The summed E-state index contributed by atoms with van der Waals surface area (Å²) in [4.78, 5) is 105. The highest BCUT2D eigenvalue weighted by molar-refractivity contribution is 6.38. The van der Waals surface area contributed by atoms with E-state index in [1.807, 2.05) is 27.7 Å². The van der Waals surface area contributed by atoms with E-state index in [1.54, 1.807) is 24.3 Å². The Balaban J connectivity index is 1.40.